The molecule has 3 heterocycles. The zero-order valence-corrected chi connectivity index (χ0v) is 25.7. The Hall–Kier alpha value is -4.08. The van der Waals surface area contributed by atoms with Crippen molar-refractivity contribution in [3.05, 3.63) is 97.2 Å². The van der Waals surface area contributed by atoms with Gasteiger partial charge in [-0.15, -0.1) is 0 Å². The fraction of sp³-hybridized carbons (Fsp3) is 0.324. The zero-order chi connectivity index (χ0) is 30.0. The fourth-order valence-corrected chi connectivity index (χ4v) is 10.3. The maximum atomic E-state index is 13.9. The van der Waals surface area contributed by atoms with Crippen LogP contribution >= 0.6 is 0 Å². The van der Waals surface area contributed by atoms with Crippen LogP contribution in [0.3, 0.4) is 0 Å². The van der Waals surface area contributed by atoms with Crippen LogP contribution < -0.4 is 21.4 Å². The molecule has 7 nitrogen and oxygen atoms in total. The minimum Gasteiger partial charge on any atom is -0.424 e. The zero-order valence-electron chi connectivity index (χ0n) is 24.7. The standard InChI is InChI=1S/C34H39FN6OSi/c1-34(2,43(42,27-9-5-3-6-10-27)28-11-7-4-8-12-28)20-19-24-13-16-26(17-14-24)39-32-29(36)21-38-33(40-32)30-22-37-31-18-15-25(35)23-41(30)31/h3-12,15,18,21-24,26,42H,13-14,16-17,19-20,36H2,1-2H3,(H,38,39,40). The fourth-order valence-electron chi connectivity index (χ4n) is 6.59. The normalized spacial score (nSPS) is 17.7. The second kappa shape index (κ2) is 11.9. The summed E-state index contributed by atoms with van der Waals surface area (Å²) in [6.07, 6.45) is 10.9. The van der Waals surface area contributed by atoms with Crippen LogP contribution in [-0.4, -0.2) is 38.5 Å². The summed E-state index contributed by atoms with van der Waals surface area (Å²) in [5, 5.41) is 5.45. The molecule has 4 N–H and O–H groups in total. The van der Waals surface area contributed by atoms with Crippen LogP contribution in [0.1, 0.15) is 52.4 Å². The average Bonchev–Trinajstić information content (AvgIpc) is 3.45. The molecule has 1 fully saturated rings. The number of halogens is 1. The number of aromatic nitrogens is 4. The Kier molecular flexibility index (Phi) is 8.02. The smallest absolute Gasteiger partial charge is 0.258 e. The van der Waals surface area contributed by atoms with Crippen molar-refractivity contribution in [1.29, 1.82) is 0 Å². The third-order valence-electron chi connectivity index (χ3n) is 9.24. The van der Waals surface area contributed by atoms with Crippen LogP contribution in [0.5, 0.6) is 0 Å². The molecular formula is C34H39FN6OSi. The first-order valence-corrected chi connectivity index (χ1v) is 17.0. The van der Waals surface area contributed by atoms with Crippen molar-refractivity contribution in [2.45, 2.75) is 63.5 Å². The van der Waals surface area contributed by atoms with Gasteiger partial charge in [-0.05, 0) is 65.6 Å². The summed E-state index contributed by atoms with van der Waals surface area (Å²) in [7, 11) is -3.00. The molecule has 0 radical (unpaired) electrons. The minimum atomic E-state index is -3.00. The lowest BCUT2D eigenvalue weighted by atomic mass is 9.82. The van der Waals surface area contributed by atoms with Gasteiger partial charge < -0.3 is 15.8 Å². The Morgan fingerprint density at radius 3 is 2.23 bits per heavy atom. The van der Waals surface area contributed by atoms with E-state index in [-0.39, 0.29) is 16.9 Å². The highest BCUT2D eigenvalue weighted by atomic mass is 28.4. The predicted octanol–water partition coefficient (Wildman–Crippen LogP) is 5.80. The van der Waals surface area contributed by atoms with E-state index in [4.69, 9.17) is 10.7 Å². The van der Waals surface area contributed by atoms with Crippen molar-refractivity contribution >= 4 is 35.8 Å². The highest BCUT2D eigenvalue weighted by Gasteiger charge is 2.49. The summed E-state index contributed by atoms with van der Waals surface area (Å²) in [5.41, 5.74) is 7.99. The van der Waals surface area contributed by atoms with Gasteiger partial charge in [-0.3, -0.25) is 4.40 Å². The number of pyridine rings is 1. The first-order valence-electron chi connectivity index (χ1n) is 15.1. The van der Waals surface area contributed by atoms with Gasteiger partial charge in [0.15, 0.2) is 11.6 Å². The van der Waals surface area contributed by atoms with Crippen molar-refractivity contribution < 1.29 is 9.19 Å². The van der Waals surface area contributed by atoms with E-state index < -0.39 is 8.32 Å². The third-order valence-corrected chi connectivity index (χ3v) is 13.8. The van der Waals surface area contributed by atoms with Crippen molar-refractivity contribution in [1.82, 2.24) is 19.4 Å². The number of nitrogens with zero attached hydrogens (tertiary/aromatic N) is 4. The molecule has 6 rings (SSSR count). The molecule has 0 spiro atoms. The van der Waals surface area contributed by atoms with Crippen LogP contribution in [0.15, 0.2) is 91.4 Å². The van der Waals surface area contributed by atoms with E-state index >= 15 is 0 Å². The van der Waals surface area contributed by atoms with Crippen molar-refractivity contribution in [2.75, 3.05) is 11.1 Å². The van der Waals surface area contributed by atoms with Crippen LogP contribution in [0.4, 0.5) is 15.9 Å². The first kappa shape index (κ1) is 29.0. The lowest BCUT2D eigenvalue weighted by molar-refractivity contribution is 0.299. The number of hydrogen-bond donors (Lipinski definition) is 3. The Labute approximate surface area is 253 Å². The van der Waals surface area contributed by atoms with E-state index in [0.717, 1.165) is 48.9 Å². The second-order valence-corrected chi connectivity index (χ2v) is 16.4. The van der Waals surface area contributed by atoms with E-state index in [1.807, 2.05) is 36.4 Å². The molecule has 5 aromatic rings. The molecule has 1 aliphatic carbocycles. The van der Waals surface area contributed by atoms with Gasteiger partial charge in [0.1, 0.15) is 17.2 Å². The largest absolute Gasteiger partial charge is 0.424 e. The molecule has 0 aliphatic heterocycles. The number of imidazole rings is 1. The molecule has 43 heavy (non-hydrogen) atoms. The molecule has 0 bridgehead atoms. The highest BCUT2D eigenvalue weighted by molar-refractivity contribution is 6.98. The Balaban J connectivity index is 1.11. The molecule has 3 aromatic heterocycles. The summed E-state index contributed by atoms with van der Waals surface area (Å²) < 4.78 is 15.5. The average molecular weight is 595 g/mol. The van der Waals surface area contributed by atoms with E-state index in [0.29, 0.717) is 34.6 Å². The Bertz CT molecular complexity index is 1650. The molecule has 222 valence electrons. The molecule has 9 heteroatoms. The van der Waals surface area contributed by atoms with Crippen molar-refractivity contribution in [3.63, 3.8) is 0 Å². The predicted molar refractivity (Wildman–Crippen MR) is 173 cm³/mol. The van der Waals surface area contributed by atoms with Gasteiger partial charge in [-0.1, -0.05) is 80.9 Å². The highest BCUT2D eigenvalue weighted by Crippen LogP contribution is 2.43. The van der Waals surface area contributed by atoms with E-state index in [1.54, 1.807) is 22.9 Å². The van der Waals surface area contributed by atoms with Crippen molar-refractivity contribution in [2.24, 2.45) is 5.92 Å². The third kappa shape index (κ3) is 5.79. The number of nitrogens with one attached hydrogen (secondary N) is 1. The second-order valence-electron chi connectivity index (χ2n) is 12.4. The van der Waals surface area contributed by atoms with E-state index in [9.17, 15) is 9.19 Å². The quantitative estimate of drug-likeness (QED) is 0.187. The number of hydrogen-bond acceptors (Lipinski definition) is 6. The van der Waals surface area contributed by atoms with Gasteiger partial charge in [0.2, 0.25) is 0 Å². The maximum Gasteiger partial charge on any atom is 0.258 e. The van der Waals surface area contributed by atoms with E-state index in [2.05, 4.69) is 53.4 Å². The van der Waals surface area contributed by atoms with Crippen LogP contribution in [-0.2, 0) is 0 Å². The lowest BCUT2D eigenvalue weighted by Crippen LogP contribution is -2.65. The summed E-state index contributed by atoms with van der Waals surface area (Å²) in [4.78, 5) is 25.9. The van der Waals surface area contributed by atoms with Gasteiger partial charge in [-0.25, -0.2) is 19.3 Å². The lowest BCUT2D eigenvalue weighted by Gasteiger charge is -2.42. The van der Waals surface area contributed by atoms with Gasteiger partial charge in [0, 0.05) is 12.2 Å². The van der Waals surface area contributed by atoms with Gasteiger partial charge in [-0.2, -0.15) is 0 Å². The molecule has 0 unspecified atom stereocenters. The number of nitrogens with two attached hydrogens (primary N) is 1. The topological polar surface area (TPSA) is 101 Å². The molecule has 0 atom stereocenters. The van der Waals surface area contributed by atoms with Crippen LogP contribution in [0.2, 0.25) is 5.04 Å². The number of nitrogen functional groups attached to an aromatic ring is 1. The van der Waals surface area contributed by atoms with Gasteiger partial charge >= 0.3 is 0 Å². The summed E-state index contributed by atoms with van der Waals surface area (Å²) in [6, 6.07) is 23.8. The number of benzene rings is 2. The van der Waals surface area contributed by atoms with E-state index in [1.165, 1.54) is 12.3 Å². The number of fused-ring (bicyclic) bond motifs is 1. The Morgan fingerprint density at radius 2 is 1.58 bits per heavy atom. The molecule has 0 saturated heterocycles. The van der Waals surface area contributed by atoms with Gasteiger partial charge in [0.05, 0.1) is 18.1 Å². The summed E-state index contributed by atoms with van der Waals surface area (Å²) in [5.74, 6) is 1.29. The molecule has 1 aliphatic rings. The molecule has 1 saturated carbocycles. The summed E-state index contributed by atoms with van der Waals surface area (Å²) in [6.45, 7) is 4.50. The molecule has 0 amide bonds. The SMILES string of the molecule is CC(C)(CCC1CCC(Nc2nc(-c3cnc4ccc(F)cn34)ncc2N)CC1)[Si](O)(c1ccccc1)c1ccccc1. The first-order chi connectivity index (χ1) is 20.7. The monoisotopic (exact) mass is 594 g/mol. The number of anilines is 2. The van der Waals surface area contributed by atoms with Gasteiger partial charge in [0.25, 0.3) is 8.32 Å². The molecule has 2 aromatic carbocycles. The van der Waals surface area contributed by atoms with Crippen LogP contribution in [0, 0.1) is 11.7 Å². The Morgan fingerprint density at radius 1 is 0.930 bits per heavy atom. The minimum absolute atomic E-state index is 0.239. The summed E-state index contributed by atoms with van der Waals surface area (Å²) >= 11 is 0. The van der Waals surface area contributed by atoms with Crippen molar-refractivity contribution in [3.8, 4) is 11.5 Å². The maximum absolute atomic E-state index is 13.9. The molecular weight excluding hydrogens is 555 g/mol. The van der Waals surface area contributed by atoms with Crippen LogP contribution in [0.25, 0.3) is 17.2 Å². The number of rotatable bonds is 9.